The number of pyridine rings is 1. The predicted octanol–water partition coefficient (Wildman–Crippen LogP) is 4.07. The molecule has 3 heterocycles. The SMILES string of the molecule is Cc1cnc(-c2ccncc2)nc1C1CCN(CC(C)(C)C)CC1. The molecule has 1 saturated heterocycles. The van der Waals surface area contributed by atoms with Crippen LogP contribution in [-0.4, -0.2) is 39.5 Å². The molecule has 1 aliphatic heterocycles. The molecule has 0 bridgehead atoms. The molecule has 0 spiro atoms. The first-order valence-corrected chi connectivity index (χ1v) is 8.89. The second-order valence-electron chi connectivity index (χ2n) is 8.11. The molecule has 0 aromatic carbocycles. The first-order valence-electron chi connectivity index (χ1n) is 8.89. The minimum Gasteiger partial charge on any atom is -0.303 e. The Balaban J connectivity index is 1.74. The van der Waals surface area contributed by atoms with Gasteiger partial charge in [-0.3, -0.25) is 4.98 Å². The zero-order valence-electron chi connectivity index (χ0n) is 15.3. The summed E-state index contributed by atoms with van der Waals surface area (Å²) >= 11 is 0. The van der Waals surface area contributed by atoms with Gasteiger partial charge in [-0.15, -0.1) is 0 Å². The molecule has 1 aliphatic rings. The van der Waals surface area contributed by atoms with Gasteiger partial charge in [0.1, 0.15) is 0 Å². The van der Waals surface area contributed by atoms with Gasteiger partial charge in [0.05, 0.1) is 5.69 Å². The van der Waals surface area contributed by atoms with Crippen LogP contribution in [0.3, 0.4) is 0 Å². The van der Waals surface area contributed by atoms with Crippen molar-refractivity contribution in [2.24, 2.45) is 5.41 Å². The topological polar surface area (TPSA) is 41.9 Å². The summed E-state index contributed by atoms with van der Waals surface area (Å²) in [4.78, 5) is 16.1. The Kier molecular flexibility index (Phi) is 4.95. The summed E-state index contributed by atoms with van der Waals surface area (Å²) in [6, 6.07) is 3.95. The van der Waals surface area contributed by atoms with E-state index < -0.39 is 0 Å². The molecule has 0 radical (unpaired) electrons. The second kappa shape index (κ2) is 6.98. The maximum atomic E-state index is 4.91. The lowest BCUT2D eigenvalue weighted by Gasteiger charge is -2.36. The van der Waals surface area contributed by atoms with E-state index in [2.05, 4.69) is 42.6 Å². The Morgan fingerprint density at radius 2 is 1.79 bits per heavy atom. The van der Waals surface area contributed by atoms with Crippen molar-refractivity contribution in [3.05, 3.63) is 42.0 Å². The van der Waals surface area contributed by atoms with E-state index in [0.717, 1.165) is 24.5 Å². The Hall–Kier alpha value is -1.81. The highest BCUT2D eigenvalue weighted by atomic mass is 15.1. The quantitative estimate of drug-likeness (QED) is 0.853. The maximum Gasteiger partial charge on any atom is 0.159 e. The number of piperidine rings is 1. The summed E-state index contributed by atoms with van der Waals surface area (Å²) in [7, 11) is 0. The van der Waals surface area contributed by atoms with Crippen molar-refractivity contribution in [2.45, 2.75) is 46.5 Å². The molecule has 1 fully saturated rings. The van der Waals surface area contributed by atoms with Gasteiger partial charge in [0.2, 0.25) is 0 Å². The van der Waals surface area contributed by atoms with E-state index in [1.54, 1.807) is 12.4 Å². The monoisotopic (exact) mass is 324 g/mol. The Morgan fingerprint density at radius 1 is 1.12 bits per heavy atom. The number of hydrogen-bond acceptors (Lipinski definition) is 4. The smallest absolute Gasteiger partial charge is 0.159 e. The van der Waals surface area contributed by atoms with Crippen molar-refractivity contribution in [3.63, 3.8) is 0 Å². The lowest BCUT2D eigenvalue weighted by atomic mass is 9.89. The van der Waals surface area contributed by atoms with Crippen LogP contribution in [0, 0.1) is 12.3 Å². The third-order valence-electron chi connectivity index (χ3n) is 4.62. The second-order valence-corrected chi connectivity index (χ2v) is 8.11. The molecule has 0 saturated carbocycles. The number of nitrogens with zero attached hydrogens (tertiary/aromatic N) is 4. The minimum atomic E-state index is 0.367. The fraction of sp³-hybridized carbons (Fsp3) is 0.550. The molecule has 0 aliphatic carbocycles. The molecule has 2 aromatic rings. The summed E-state index contributed by atoms with van der Waals surface area (Å²) in [5, 5.41) is 0. The highest BCUT2D eigenvalue weighted by molar-refractivity contribution is 5.54. The molecule has 2 aromatic heterocycles. The van der Waals surface area contributed by atoms with E-state index >= 15 is 0 Å². The number of aryl methyl sites for hydroxylation is 1. The fourth-order valence-electron chi connectivity index (χ4n) is 3.54. The normalized spacial score (nSPS) is 17.2. The third kappa shape index (κ3) is 4.18. The van der Waals surface area contributed by atoms with Crippen LogP contribution >= 0.6 is 0 Å². The van der Waals surface area contributed by atoms with Gasteiger partial charge in [-0.1, -0.05) is 20.8 Å². The van der Waals surface area contributed by atoms with Crippen molar-refractivity contribution >= 4 is 0 Å². The van der Waals surface area contributed by atoms with Gasteiger partial charge in [-0.25, -0.2) is 9.97 Å². The van der Waals surface area contributed by atoms with Crippen LogP contribution in [0.5, 0.6) is 0 Å². The van der Waals surface area contributed by atoms with Crippen LogP contribution in [-0.2, 0) is 0 Å². The summed E-state index contributed by atoms with van der Waals surface area (Å²) < 4.78 is 0. The molecule has 24 heavy (non-hydrogen) atoms. The molecular weight excluding hydrogens is 296 g/mol. The summed E-state index contributed by atoms with van der Waals surface area (Å²) in [6.45, 7) is 12.6. The van der Waals surface area contributed by atoms with Crippen LogP contribution < -0.4 is 0 Å². The number of likely N-dealkylation sites (tertiary alicyclic amines) is 1. The van der Waals surface area contributed by atoms with Gasteiger partial charge < -0.3 is 4.90 Å². The molecule has 0 atom stereocenters. The van der Waals surface area contributed by atoms with Crippen LogP contribution in [0.4, 0.5) is 0 Å². The first kappa shape index (κ1) is 17.0. The maximum absolute atomic E-state index is 4.91. The van der Waals surface area contributed by atoms with Gasteiger partial charge in [-0.2, -0.15) is 0 Å². The van der Waals surface area contributed by atoms with Gasteiger partial charge in [0.25, 0.3) is 0 Å². The summed E-state index contributed by atoms with van der Waals surface area (Å²) in [6.07, 6.45) is 7.93. The largest absolute Gasteiger partial charge is 0.303 e. The summed E-state index contributed by atoms with van der Waals surface area (Å²) in [5.41, 5.74) is 3.84. The molecular formula is C20H28N4. The van der Waals surface area contributed by atoms with Gasteiger partial charge in [0.15, 0.2) is 5.82 Å². The molecule has 0 amide bonds. The Bertz CT molecular complexity index is 668. The first-order chi connectivity index (χ1) is 11.4. The predicted molar refractivity (Wildman–Crippen MR) is 97.9 cm³/mol. The average Bonchev–Trinajstić information content (AvgIpc) is 2.56. The van der Waals surface area contributed by atoms with Gasteiger partial charge in [-0.05, 0) is 56.0 Å². The molecule has 4 heteroatoms. The Labute approximate surface area is 145 Å². The highest BCUT2D eigenvalue weighted by Gasteiger charge is 2.25. The Morgan fingerprint density at radius 3 is 2.42 bits per heavy atom. The highest BCUT2D eigenvalue weighted by Crippen LogP contribution is 2.31. The van der Waals surface area contributed by atoms with Crippen LogP contribution in [0.25, 0.3) is 11.4 Å². The zero-order chi connectivity index (χ0) is 17.2. The zero-order valence-corrected chi connectivity index (χ0v) is 15.3. The third-order valence-corrected chi connectivity index (χ3v) is 4.62. The van der Waals surface area contributed by atoms with Crippen LogP contribution in [0.2, 0.25) is 0 Å². The molecule has 3 rings (SSSR count). The lowest BCUT2D eigenvalue weighted by molar-refractivity contribution is 0.153. The molecule has 128 valence electrons. The van der Waals surface area contributed by atoms with Crippen molar-refractivity contribution < 1.29 is 0 Å². The fourth-order valence-corrected chi connectivity index (χ4v) is 3.54. The van der Waals surface area contributed by atoms with Crippen molar-refractivity contribution in [2.75, 3.05) is 19.6 Å². The van der Waals surface area contributed by atoms with E-state index in [1.165, 1.54) is 30.6 Å². The van der Waals surface area contributed by atoms with Crippen molar-refractivity contribution in [1.29, 1.82) is 0 Å². The lowest BCUT2D eigenvalue weighted by Crippen LogP contribution is -2.38. The van der Waals surface area contributed by atoms with Crippen molar-refractivity contribution in [1.82, 2.24) is 19.9 Å². The van der Waals surface area contributed by atoms with E-state index in [4.69, 9.17) is 4.98 Å². The van der Waals surface area contributed by atoms with Crippen LogP contribution in [0.1, 0.15) is 50.8 Å². The van der Waals surface area contributed by atoms with Gasteiger partial charge in [0, 0.05) is 36.6 Å². The molecule has 0 unspecified atom stereocenters. The van der Waals surface area contributed by atoms with E-state index in [0.29, 0.717) is 11.3 Å². The van der Waals surface area contributed by atoms with E-state index in [1.807, 2.05) is 18.3 Å². The number of hydrogen-bond donors (Lipinski definition) is 0. The molecule has 4 nitrogen and oxygen atoms in total. The van der Waals surface area contributed by atoms with Crippen molar-refractivity contribution in [3.8, 4) is 11.4 Å². The average molecular weight is 324 g/mol. The summed E-state index contributed by atoms with van der Waals surface area (Å²) in [5.74, 6) is 1.36. The minimum absolute atomic E-state index is 0.367. The number of aromatic nitrogens is 3. The molecule has 0 N–H and O–H groups in total. The number of rotatable bonds is 3. The van der Waals surface area contributed by atoms with Gasteiger partial charge >= 0.3 is 0 Å². The standard InChI is InChI=1S/C20H28N4/c1-15-13-22-19(17-5-9-21-10-6-17)23-18(15)16-7-11-24(12-8-16)14-20(2,3)4/h5-6,9-10,13,16H,7-8,11-12,14H2,1-4H3. The van der Waals surface area contributed by atoms with E-state index in [-0.39, 0.29) is 0 Å². The van der Waals surface area contributed by atoms with Crippen LogP contribution in [0.15, 0.2) is 30.7 Å². The van der Waals surface area contributed by atoms with E-state index in [9.17, 15) is 0 Å².